The second kappa shape index (κ2) is 13.0. The molecular formula is C15H31NO5. The van der Waals surface area contributed by atoms with Gasteiger partial charge in [-0.2, -0.15) is 0 Å². The Kier molecular flexibility index (Phi) is 12.6. The third kappa shape index (κ3) is 9.79. The molecule has 0 radical (unpaired) electrons. The Bertz CT molecular complexity index is 262. The average Bonchev–Trinajstić information content (AvgIpc) is 2.49. The lowest BCUT2D eigenvalue weighted by Crippen LogP contribution is -2.48. The Morgan fingerprint density at radius 2 is 1.67 bits per heavy atom. The maximum Gasteiger partial charge on any atom is 0.326 e. The fourth-order valence-electron chi connectivity index (χ4n) is 1.77. The van der Waals surface area contributed by atoms with Gasteiger partial charge in [-0.1, -0.05) is 0 Å². The quantitative estimate of drug-likeness (QED) is 0.386. The minimum atomic E-state index is -0.643. The summed E-state index contributed by atoms with van der Waals surface area (Å²) in [7, 11) is 3.45. The standard InChI is InChI=1S/C15H31NO5/c1-5-21-14(17)15(2,16-3)8-6-10-19-12-13-20-11-7-9-18-4/h16H,5-13H2,1-4H3. The van der Waals surface area contributed by atoms with E-state index in [0.29, 0.717) is 39.5 Å². The van der Waals surface area contributed by atoms with E-state index in [-0.39, 0.29) is 5.97 Å². The molecule has 0 aromatic heterocycles. The molecular weight excluding hydrogens is 274 g/mol. The number of likely N-dealkylation sites (N-methyl/N-ethyl adjacent to an activating group) is 1. The van der Waals surface area contributed by atoms with Gasteiger partial charge in [-0.05, 0) is 40.2 Å². The predicted molar refractivity (Wildman–Crippen MR) is 81.5 cm³/mol. The molecule has 0 fully saturated rings. The van der Waals surface area contributed by atoms with Crippen molar-refractivity contribution in [1.29, 1.82) is 0 Å². The van der Waals surface area contributed by atoms with Crippen LogP contribution in [0, 0.1) is 0 Å². The van der Waals surface area contributed by atoms with E-state index in [9.17, 15) is 4.79 Å². The zero-order valence-electron chi connectivity index (χ0n) is 13.9. The summed E-state index contributed by atoms with van der Waals surface area (Å²) >= 11 is 0. The summed E-state index contributed by atoms with van der Waals surface area (Å²) in [5.41, 5.74) is -0.643. The third-order valence-corrected chi connectivity index (χ3v) is 3.25. The van der Waals surface area contributed by atoms with Gasteiger partial charge in [-0.3, -0.25) is 4.79 Å². The van der Waals surface area contributed by atoms with Crippen molar-refractivity contribution >= 4 is 5.97 Å². The van der Waals surface area contributed by atoms with Crippen molar-refractivity contribution in [2.45, 2.75) is 38.6 Å². The number of rotatable bonds is 14. The number of carbonyl (C=O) groups excluding carboxylic acids is 1. The van der Waals surface area contributed by atoms with E-state index in [1.165, 1.54) is 0 Å². The molecule has 0 saturated carbocycles. The molecule has 0 amide bonds. The highest BCUT2D eigenvalue weighted by molar-refractivity contribution is 5.80. The predicted octanol–water partition coefficient (Wildman–Crippen LogP) is 1.38. The summed E-state index contributed by atoms with van der Waals surface area (Å²) in [5, 5.41) is 3.03. The van der Waals surface area contributed by atoms with Gasteiger partial charge in [-0.25, -0.2) is 0 Å². The second-order valence-corrected chi connectivity index (χ2v) is 4.98. The van der Waals surface area contributed by atoms with E-state index in [0.717, 1.165) is 19.4 Å². The molecule has 6 heteroatoms. The molecule has 0 aliphatic carbocycles. The van der Waals surface area contributed by atoms with Crippen LogP contribution in [0.1, 0.15) is 33.1 Å². The zero-order chi connectivity index (χ0) is 16.0. The first-order valence-corrected chi connectivity index (χ1v) is 7.61. The molecule has 0 heterocycles. The summed E-state index contributed by atoms with van der Waals surface area (Å²) in [6.45, 7) is 7.24. The minimum Gasteiger partial charge on any atom is -0.465 e. The number of hydrogen-bond acceptors (Lipinski definition) is 6. The van der Waals surface area contributed by atoms with Crippen LogP contribution >= 0.6 is 0 Å². The lowest BCUT2D eigenvalue weighted by molar-refractivity contribution is -0.150. The molecule has 21 heavy (non-hydrogen) atoms. The van der Waals surface area contributed by atoms with Gasteiger partial charge >= 0.3 is 5.97 Å². The first kappa shape index (κ1) is 20.3. The molecule has 0 bridgehead atoms. The molecule has 0 rings (SSSR count). The second-order valence-electron chi connectivity index (χ2n) is 4.98. The lowest BCUT2D eigenvalue weighted by atomic mass is 9.96. The van der Waals surface area contributed by atoms with Crippen LogP contribution in [0.4, 0.5) is 0 Å². The normalized spacial score (nSPS) is 13.9. The van der Waals surface area contributed by atoms with Gasteiger partial charge in [0.05, 0.1) is 19.8 Å². The molecule has 126 valence electrons. The van der Waals surface area contributed by atoms with E-state index < -0.39 is 5.54 Å². The van der Waals surface area contributed by atoms with Crippen LogP contribution < -0.4 is 5.32 Å². The van der Waals surface area contributed by atoms with Crippen LogP contribution in [0.5, 0.6) is 0 Å². The van der Waals surface area contributed by atoms with Crippen molar-refractivity contribution in [1.82, 2.24) is 5.32 Å². The number of carbonyl (C=O) groups is 1. The number of esters is 1. The zero-order valence-corrected chi connectivity index (χ0v) is 13.9. The molecule has 0 saturated heterocycles. The van der Waals surface area contributed by atoms with Crippen LogP contribution in [0.3, 0.4) is 0 Å². The molecule has 0 aliphatic heterocycles. The van der Waals surface area contributed by atoms with Crippen LogP contribution in [0.25, 0.3) is 0 Å². The summed E-state index contributed by atoms with van der Waals surface area (Å²) in [6.07, 6.45) is 2.37. The topological polar surface area (TPSA) is 66.0 Å². The van der Waals surface area contributed by atoms with Crippen molar-refractivity contribution < 1.29 is 23.7 Å². The van der Waals surface area contributed by atoms with Gasteiger partial charge in [0.15, 0.2) is 0 Å². The first-order chi connectivity index (χ1) is 10.1. The fourth-order valence-corrected chi connectivity index (χ4v) is 1.77. The largest absolute Gasteiger partial charge is 0.465 e. The number of methoxy groups -OCH3 is 1. The van der Waals surface area contributed by atoms with Crippen LogP contribution in [0.2, 0.25) is 0 Å². The SMILES string of the molecule is CCOC(=O)C(C)(CCCOCCOCCCOC)NC. The molecule has 1 N–H and O–H groups in total. The van der Waals surface area contributed by atoms with Crippen LogP contribution in [-0.4, -0.2) is 65.3 Å². The van der Waals surface area contributed by atoms with E-state index >= 15 is 0 Å². The number of ether oxygens (including phenoxy) is 4. The summed E-state index contributed by atoms with van der Waals surface area (Å²) < 4.78 is 20.9. The summed E-state index contributed by atoms with van der Waals surface area (Å²) in [5.74, 6) is -0.214. The minimum absolute atomic E-state index is 0.214. The fraction of sp³-hybridized carbons (Fsp3) is 0.933. The van der Waals surface area contributed by atoms with Crippen molar-refractivity contribution in [3.05, 3.63) is 0 Å². The van der Waals surface area contributed by atoms with Gasteiger partial charge in [0.25, 0.3) is 0 Å². The number of nitrogens with one attached hydrogen (secondary N) is 1. The van der Waals surface area contributed by atoms with Gasteiger partial charge in [0.2, 0.25) is 0 Å². The maximum atomic E-state index is 11.8. The molecule has 0 spiro atoms. The van der Waals surface area contributed by atoms with Crippen molar-refractivity contribution in [3.8, 4) is 0 Å². The van der Waals surface area contributed by atoms with E-state index in [1.807, 2.05) is 13.8 Å². The lowest BCUT2D eigenvalue weighted by Gasteiger charge is -2.26. The van der Waals surface area contributed by atoms with Crippen LogP contribution in [-0.2, 0) is 23.7 Å². The Labute approximate surface area is 128 Å². The van der Waals surface area contributed by atoms with E-state index in [1.54, 1.807) is 14.2 Å². The van der Waals surface area contributed by atoms with E-state index in [4.69, 9.17) is 18.9 Å². The highest BCUT2D eigenvalue weighted by Crippen LogP contribution is 2.14. The van der Waals surface area contributed by atoms with Crippen molar-refractivity contribution in [3.63, 3.8) is 0 Å². The van der Waals surface area contributed by atoms with Gasteiger partial charge in [0.1, 0.15) is 5.54 Å². The Balaban J connectivity index is 3.57. The maximum absolute atomic E-state index is 11.8. The molecule has 0 aromatic carbocycles. The Hall–Kier alpha value is -0.690. The molecule has 0 aliphatic rings. The summed E-state index contributed by atoms with van der Waals surface area (Å²) in [6, 6.07) is 0. The highest BCUT2D eigenvalue weighted by Gasteiger charge is 2.32. The molecule has 1 atom stereocenters. The molecule has 0 aromatic rings. The van der Waals surface area contributed by atoms with Crippen molar-refractivity contribution in [2.24, 2.45) is 0 Å². The van der Waals surface area contributed by atoms with Crippen LogP contribution in [0.15, 0.2) is 0 Å². The Morgan fingerprint density at radius 1 is 1.05 bits per heavy atom. The molecule has 6 nitrogen and oxygen atoms in total. The average molecular weight is 305 g/mol. The van der Waals surface area contributed by atoms with Gasteiger partial charge < -0.3 is 24.3 Å². The first-order valence-electron chi connectivity index (χ1n) is 7.61. The van der Waals surface area contributed by atoms with Gasteiger partial charge in [0, 0.05) is 26.9 Å². The third-order valence-electron chi connectivity index (χ3n) is 3.25. The monoisotopic (exact) mass is 305 g/mol. The van der Waals surface area contributed by atoms with Crippen molar-refractivity contribution in [2.75, 3.05) is 53.8 Å². The smallest absolute Gasteiger partial charge is 0.326 e. The Morgan fingerprint density at radius 3 is 2.19 bits per heavy atom. The highest BCUT2D eigenvalue weighted by atomic mass is 16.5. The van der Waals surface area contributed by atoms with Gasteiger partial charge in [-0.15, -0.1) is 0 Å². The molecule has 1 unspecified atom stereocenters. The van der Waals surface area contributed by atoms with E-state index in [2.05, 4.69) is 5.32 Å². The number of hydrogen-bond donors (Lipinski definition) is 1. The summed E-state index contributed by atoms with van der Waals surface area (Å²) in [4.78, 5) is 11.8.